The Bertz CT molecular complexity index is 889. The van der Waals surface area contributed by atoms with Crippen LogP contribution in [0, 0.1) is 6.92 Å². The first-order chi connectivity index (χ1) is 12.2. The van der Waals surface area contributed by atoms with E-state index in [9.17, 15) is 0 Å². The predicted octanol–water partition coefficient (Wildman–Crippen LogP) is 3.60. The van der Waals surface area contributed by atoms with Gasteiger partial charge in [-0.25, -0.2) is 0 Å². The quantitative estimate of drug-likeness (QED) is 0.708. The fraction of sp³-hybridized carbons (Fsp3) is 0.412. The highest BCUT2D eigenvalue weighted by Gasteiger charge is 2.17. The van der Waals surface area contributed by atoms with E-state index >= 15 is 0 Å². The Morgan fingerprint density at radius 2 is 2.16 bits per heavy atom. The largest absolute Gasteiger partial charge is 0.485 e. The van der Waals surface area contributed by atoms with Crippen LogP contribution in [0.25, 0.3) is 11.5 Å². The van der Waals surface area contributed by atoms with Crippen molar-refractivity contribution in [3.63, 3.8) is 0 Å². The third kappa shape index (κ3) is 3.37. The molecule has 1 aromatic carbocycles. The van der Waals surface area contributed by atoms with Crippen LogP contribution in [0.4, 0.5) is 0 Å². The molecule has 0 aliphatic carbocycles. The van der Waals surface area contributed by atoms with E-state index in [1.54, 1.807) is 25.1 Å². The lowest BCUT2D eigenvalue weighted by atomic mass is 10.2. The summed E-state index contributed by atoms with van der Waals surface area (Å²) in [5, 5.41) is 13.0. The van der Waals surface area contributed by atoms with Gasteiger partial charge in [0.1, 0.15) is 18.2 Å². The van der Waals surface area contributed by atoms with Crippen molar-refractivity contribution in [2.45, 2.75) is 45.8 Å². The van der Waals surface area contributed by atoms with E-state index in [2.05, 4.69) is 24.9 Å². The molecule has 130 valence electrons. The van der Waals surface area contributed by atoms with Crippen LogP contribution >= 0.6 is 11.6 Å². The van der Waals surface area contributed by atoms with Gasteiger partial charge in [0.25, 0.3) is 5.89 Å². The highest BCUT2D eigenvalue weighted by Crippen LogP contribution is 2.32. The second-order valence-corrected chi connectivity index (χ2v) is 6.51. The molecule has 0 N–H and O–H groups in total. The smallest absolute Gasteiger partial charge is 0.261 e. The summed E-state index contributed by atoms with van der Waals surface area (Å²) in [5.41, 5.74) is 0.670. The Morgan fingerprint density at radius 3 is 3.00 bits per heavy atom. The van der Waals surface area contributed by atoms with Crippen molar-refractivity contribution >= 4 is 11.6 Å². The van der Waals surface area contributed by atoms with Gasteiger partial charge < -0.3 is 13.8 Å². The zero-order valence-corrected chi connectivity index (χ0v) is 14.7. The molecule has 2 aromatic heterocycles. The molecule has 0 radical (unpaired) electrons. The summed E-state index contributed by atoms with van der Waals surface area (Å²) in [6.07, 6.45) is 4.50. The molecule has 0 atom stereocenters. The van der Waals surface area contributed by atoms with Gasteiger partial charge in [0.05, 0.1) is 5.56 Å². The van der Waals surface area contributed by atoms with Gasteiger partial charge >= 0.3 is 0 Å². The molecule has 3 heterocycles. The number of nitrogens with zero attached hydrogens (tertiary/aromatic N) is 5. The van der Waals surface area contributed by atoms with E-state index in [1.807, 2.05) is 0 Å². The van der Waals surface area contributed by atoms with E-state index in [1.165, 1.54) is 6.42 Å². The van der Waals surface area contributed by atoms with Crippen LogP contribution < -0.4 is 4.74 Å². The maximum Gasteiger partial charge on any atom is 0.261 e. The first kappa shape index (κ1) is 16.1. The molecule has 0 amide bonds. The summed E-state index contributed by atoms with van der Waals surface area (Å²) in [4.78, 5) is 4.26. The van der Waals surface area contributed by atoms with Crippen molar-refractivity contribution in [1.29, 1.82) is 0 Å². The monoisotopic (exact) mass is 359 g/mol. The maximum atomic E-state index is 6.11. The molecule has 0 unspecified atom stereocenters. The topological polar surface area (TPSA) is 78.9 Å². The molecule has 0 saturated carbocycles. The second-order valence-electron chi connectivity index (χ2n) is 6.07. The van der Waals surface area contributed by atoms with Gasteiger partial charge in [0.15, 0.2) is 11.6 Å². The Hall–Kier alpha value is -2.41. The van der Waals surface area contributed by atoms with Crippen LogP contribution in [0.5, 0.6) is 5.75 Å². The minimum atomic E-state index is 0.328. The van der Waals surface area contributed by atoms with E-state index in [-0.39, 0.29) is 0 Å². The highest BCUT2D eigenvalue weighted by atomic mass is 35.5. The molecule has 0 fully saturated rings. The summed E-state index contributed by atoms with van der Waals surface area (Å²) >= 11 is 6.11. The summed E-state index contributed by atoms with van der Waals surface area (Å²) in [7, 11) is 0. The van der Waals surface area contributed by atoms with Gasteiger partial charge in [-0.1, -0.05) is 23.2 Å². The van der Waals surface area contributed by atoms with Crippen molar-refractivity contribution in [3.8, 4) is 17.2 Å². The zero-order chi connectivity index (χ0) is 17.2. The molecule has 0 saturated heterocycles. The zero-order valence-electron chi connectivity index (χ0n) is 13.9. The third-order valence-corrected chi connectivity index (χ3v) is 4.48. The number of fused-ring (bicyclic) bond motifs is 1. The maximum absolute atomic E-state index is 6.11. The number of hydrogen-bond acceptors (Lipinski definition) is 6. The molecule has 0 bridgehead atoms. The van der Waals surface area contributed by atoms with Gasteiger partial charge in [-0.15, -0.1) is 10.2 Å². The molecule has 1 aliphatic heterocycles. The Kier molecular flexibility index (Phi) is 4.40. The number of rotatable bonds is 4. The van der Waals surface area contributed by atoms with Crippen LogP contribution in [-0.4, -0.2) is 24.9 Å². The van der Waals surface area contributed by atoms with Crippen molar-refractivity contribution in [3.05, 3.63) is 40.7 Å². The van der Waals surface area contributed by atoms with E-state index in [4.69, 9.17) is 20.9 Å². The number of benzene rings is 1. The minimum absolute atomic E-state index is 0.328. The normalized spacial score (nSPS) is 14.2. The number of aromatic nitrogens is 5. The van der Waals surface area contributed by atoms with Crippen LogP contribution in [-0.2, 0) is 19.6 Å². The lowest BCUT2D eigenvalue weighted by Gasteiger charge is -2.11. The number of halogens is 1. The van der Waals surface area contributed by atoms with Crippen LogP contribution in [0.1, 0.15) is 36.7 Å². The molecule has 0 spiro atoms. The van der Waals surface area contributed by atoms with Crippen molar-refractivity contribution in [1.82, 2.24) is 24.9 Å². The highest BCUT2D eigenvalue weighted by molar-refractivity contribution is 6.30. The summed E-state index contributed by atoms with van der Waals surface area (Å²) < 4.78 is 13.4. The van der Waals surface area contributed by atoms with Crippen LogP contribution in [0.15, 0.2) is 22.7 Å². The van der Waals surface area contributed by atoms with Crippen molar-refractivity contribution in [2.75, 3.05) is 0 Å². The third-order valence-electron chi connectivity index (χ3n) is 4.24. The van der Waals surface area contributed by atoms with Crippen LogP contribution in [0.2, 0.25) is 5.02 Å². The molecular formula is C17H18ClN5O2. The molecule has 8 heteroatoms. The average Bonchev–Trinajstić information content (AvgIpc) is 3.13. The van der Waals surface area contributed by atoms with Gasteiger partial charge in [-0.3, -0.25) is 0 Å². The molecular weight excluding hydrogens is 342 g/mol. The predicted molar refractivity (Wildman–Crippen MR) is 91.4 cm³/mol. The molecule has 4 rings (SSSR count). The molecule has 25 heavy (non-hydrogen) atoms. The minimum Gasteiger partial charge on any atom is -0.485 e. The van der Waals surface area contributed by atoms with Crippen molar-refractivity contribution < 1.29 is 9.26 Å². The average molecular weight is 360 g/mol. The fourth-order valence-electron chi connectivity index (χ4n) is 3.00. The van der Waals surface area contributed by atoms with Crippen molar-refractivity contribution in [2.24, 2.45) is 0 Å². The van der Waals surface area contributed by atoms with Crippen LogP contribution in [0.3, 0.4) is 0 Å². The Morgan fingerprint density at radius 1 is 1.24 bits per heavy atom. The van der Waals surface area contributed by atoms with Gasteiger partial charge in [-0.05, 0) is 38.0 Å². The Labute approximate surface area is 150 Å². The number of ether oxygens (including phenoxy) is 1. The van der Waals surface area contributed by atoms with E-state index in [0.29, 0.717) is 34.7 Å². The SMILES string of the molecule is Cc1noc(-c2cc(Cl)ccc2OCc2nnc3n2CCCCC3)n1. The number of hydrogen-bond donors (Lipinski definition) is 0. The summed E-state index contributed by atoms with van der Waals surface area (Å²) in [5.74, 6) is 3.44. The number of aryl methyl sites for hydroxylation is 2. The summed E-state index contributed by atoms with van der Waals surface area (Å²) in [6.45, 7) is 3.04. The molecule has 1 aliphatic rings. The summed E-state index contributed by atoms with van der Waals surface area (Å²) in [6, 6.07) is 5.33. The molecule has 7 nitrogen and oxygen atoms in total. The van der Waals surface area contributed by atoms with E-state index in [0.717, 1.165) is 37.5 Å². The second kappa shape index (κ2) is 6.84. The van der Waals surface area contributed by atoms with Gasteiger partial charge in [0, 0.05) is 18.0 Å². The lowest BCUT2D eigenvalue weighted by molar-refractivity contribution is 0.288. The van der Waals surface area contributed by atoms with Gasteiger partial charge in [-0.2, -0.15) is 4.98 Å². The molecule has 3 aromatic rings. The Balaban J connectivity index is 1.59. The lowest BCUT2D eigenvalue weighted by Crippen LogP contribution is -2.09. The van der Waals surface area contributed by atoms with Gasteiger partial charge in [0.2, 0.25) is 0 Å². The van der Waals surface area contributed by atoms with E-state index < -0.39 is 0 Å². The first-order valence-electron chi connectivity index (χ1n) is 8.35. The first-order valence-corrected chi connectivity index (χ1v) is 8.72. The fourth-order valence-corrected chi connectivity index (χ4v) is 3.17. The standard InChI is InChI=1S/C17H18ClN5O2/c1-11-19-17(25-22-11)13-9-12(18)6-7-14(13)24-10-16-21-20-15-5-3-2-4-8-23(15)16/h6-7,9H,2-5,8,10H2,1H3.